The Balaban J connectivity index is 2.11. The molecule has 1 saturated heterocycles. The zero-order valence-electron chi connectivity index (χ0n) is 12.4. The van der Waals surface area contributed by atoms with E-state index in [1.807, 2.05) is 20.2 Å². The summed E-state index contributed by atoms with van der Waals surface area (Å²) in [7, 11) is 3.27. The quantitative estimate of drug-likeness (QED) is 0.787. The second-order valence-corrected chi connectivity index (χ2v) is 5.06. The van der Waals surface area contributed by atoms with Gasteiger partial charge in [-0.15, -0.1) is 0 Å². The Morgan fingerprint density at radius 2 is 2.50 bits per heavy atom. The van der Waals surface area contributed by atoms with Crippen LogP contribution >= 0.6 is 0 Å². The zero-order chi connectivity index (χ0) is 14.5. The minimum atomic E-state index is -0.479. The Morgan fingerprint density at radius 3 is 3.10 bits per heavy atom. The Labute approximate surface area is 119 Å². The maximum atomic E-state index is 12.0. The molecular formula is C14H23N3O3. The highest BCUT2D eigenvalue weighted by molar-refractivity contribution is 5.77. The molecule has 6 nitrogen and oxygen atoms in total. The fraction of sp³-hybridized carbons (Fsp3) is 0.714. The summed E-state index contributed by atoms with van der Waals surface area (Å²) in [6.45, 7) is 3.49. The number of nitrogens with one attached hydrogen (secondary N) is 1. The molecule has 1 aromatic rings. The number of carbonyl (C=O) groups excluding carboxylic acids is 1. The van der Waals surface area contributed by atoms with E-state index in [9.17, 15) is 4.79 Å². The van der Waals surface area contributed by atoms with Crippen LogP contribution < -0.4 is 5.32 Å². The predicted octanol–water partition coefficient (Wildman–Crippen LogP) is 0.965. The Kier molecular flexibility index (Phi) is 5.14. The van der Waals surface area contributed by atoms with Crippen molar-refractivity contribution in [2.24, 2.45) is 7.05 Å². The van der Waals surface area contributed by atoms with Crippen LogP contribution in [0.25, 0.3) is 0 Å². The molecule has 112 valence electrons. The van der Waals surface area contributed by atoms with Crippen LogP contribution in [0.5, 0.6) is 0 Å². The van der Waals surface area contributed by atoms with Crippen molar-refractivity contribution in [3.63, 3.8) is 0 Å². The van der Waals surface area contributed by atoms with Gasteiger partial charge < -0.3 is 9.47 Å². The van der Waals surface area contributed by atoms with Gasteiger partial charge in [-0.1, -0.05) is 6.92 Å². The van der Waals surface area contributed by atoms with Crippen LogP contribution in [0.4, 0.5) is 0 Å². The van der Waals surface area contributed by atoms with Gasteiger partial charge in [0.05, 0.1) is 18.9 Å². The highest BCUT2D eigenvalue weighted by Crippen LogP contribution is 2.20. The number of hydrogen-bond donors (Lipinski definition) is 1. The third kappa shape index (κ3) is 3.37. The number of esters is 1. The van der Waals surface area contributed by atoms with Crippen LogP contribution in [0, 0.1) is 0 Å². The molecule has 1 aliphatic heterocycles. The van der Waals surface area contributed by atoms with E-state index in [4.69, 9.17) is 9.47 Å². The van der Waals surface area contributed by atoms with Crippen LogP contribution in [0.1, 0.15) is 37.1 Å². The number of ether oxygens (including phenoxy) is 2. The molecule has 2 heterocycles. The van der Waals surface area contributed by atoms with Gasteiger partial charge in [-0.05, 0) is 19.3 Å². The smallest absolute Gasteiger partial charge is 0.327 e. The maximum Gasteiger partial charge on any atom is 0.327 e. The van der Waals surface area contributed by atoms with E-state index in [0.717, 1.165) is 37.1 Å². The van der Waals surface area contributed by atoms with Gasteiger partial charge in [0.1, 0.15) is 6.04 Å². The normalized spacial score (nSPS) is 20.1. The molecular weight excluding hydrogens is 258 g/mol. The lowest BCUT2D eigenvalue weighted by Gasteiger charge is -2.18. The van der Waals surface area contributed by atoms with Crippen LogP contribution in [0.15, 0.2) is 6.20 Å². The molecule has 0 spiro atoms. The van der Waals surface area contributed by atoms with Crippen molar-refractivity contribution < 1.29 is 14.3 Å². The number of aromatic nitrogens is 2. The Bertz CT molecular complexity index is 453. The van der Waals surface area contributed by atoms with Crippen molar-refractivity contribution in [1.82, 2.24) is 15.1 Å². The summed E-state index contributed by atoms with van der Waals surface area (Å²) in [4.78, 5) is 12.0. The number of aryl methyl sites for hydroxylation is 2. The summed E-state index contributed by atoms with van der Waals surface area (Å²) in [5.41, 5.74) is 1.81. The molecule has 0 radical (unpaired) electrons. The SMILES string of the molecule is CCc1nn(C)cc1C(NCC1CCCO1)C(=O)OC. The Morgan fingerprint density at radius 1 is 1.70 bits per heavy atom. The van der Waals surface area contributed by atoms with Gasteiger partial charge in [-0.25, -0.2) is 4.79 Å². The van der Waals surface area contributed by atoms with Crippen LogP contribution in [-0.4, -0.2) is 42.1 Å². The van der Waals surface area contributed by atoms with E-state index in [1.54, 1.807) is 4.68 Å². The van der Waals surface area contributed by atoms with Gasteiger partial charge in [0.25, 0.3) is 0 Å². The molecule has 1 N–H and O–H groups in total. The highest BCUT2D eigenvalue weighted by atomic mass is 16.5. The molecule has 0 saturated carbocycles. The first-order valence-electron chi connectivity index (χ1n) is 7.11. The second-order valence-electron chi connectivity index (χ2n) is 5.06. The van der Waals surface area contributed by atoms with Crippen LogP contribution in [0.3, 0.4) is 0 Å². The molecule has 1 fully saturated rings. The van der Waals surface area contributed by atoms with E-state index in [1.165, 1.54) is 7.11 Å². The molecule has 0 amide bonds. The van der Waals surface area contributed by atoms with Gasteiger partial charge in [0.2, 0.25) is 0 Å². The maximum absolute atomic E-state index is 12.0. The van der Waals surface area contributed by atoms with E-state index in [2.05, 4.69) is 10.4 Å². The summed E-state index contributed by atoms with van der Waals surface area (Å²) in [6.07, 6.45) is 4.97. The number of nitrogens with zero attached hydrogens (tertiary/aromatic N) is 2. The van der Waals surface area contributed by atoms with Crippen molar-refractivity contribution in [2.75, 3.05) is 20.3 Å². The standard InChI is InChI=1S/C14H23N3O3/c1-4-12-11(9-17(2)16-12)13(14(18)19-3)15-8-10-6-5-7-20-10/h9-10,13,15H,4-8H2,1-3H3. The summed E-state index contributed by atoms with van der Waals surface area (Å²) in [5.74, 6) is -0.286. The minimum absolute atomic E-state index is 0.184. The molecule has 6 heteroatoms. The highest BCUT2D eigenvalue weighted by Gasteiger charge is 2.27. The summed E-state index contributed by atoms with van der Waals surface area (Å²) < 4.78 is 12.2. The molecule has 2 rings (SSSR count). The Hall–Kier alpha value is -1.40. The largest absolute Gasteiger partial charge is 0.468 e. The van der Waals surface area contributed by atoms with Crippen molar-refractivity contribution >= 4 is 5.97 Å². The minimum Gasteiger partial charge on any atom is -0.468 e. The first kappa shape index (κ1) is 15.0. The molecule has 2 atom stereocenters. The molecule has 0 bridgehead atoms. The van der Waals surface area contributed by atoms with Crippen molar-refractivity contribution in [3.8, 4) is 0 Å². The molecule has 1 aromatic heterocycles. The fourth-order valence-corrected chi connectivity index (χ4v) is 2.56. The summed E-state index contributed by atoms with van der Waals surface area (Å²) >= 11 is 0. The van der Waals surface area contributed by atoms with Gasteiger partial charge >= 0.3 is 5.97 Å². The monoisotopic (exact) mass is 281 g/mol. The van der Waals surface area contributed by atoms with E-state index in [0.29, 0.717) is 6.54 Å². The van der Waals surface area contributed by atoms with Crippen molar-refractivity contribution in [1.29, 1.82) is 0 Å². The van der Waals surface area contributed by atoms with E-state index in [-0.39, 0.29) is 12.1 Å². The summed E-state index contributed by atoms with van der Waals surface area (Å²) in [6, 6.07) is -0.479. The van der Waals surface area contributed by atoms with Gasteiger partial charge in [-0.2, -0.15) is 5.10 Å². The van der Waals surface area contributed by atoms with Crippen molar-refractivity contribution in [2.45, 2.75) is 38.3 Å². The first-order valence-corrected chi connectivity index (χ1v) is 7.11. The average Bonchev–Trinajstić information content (AvgIpc) is 3.08. The average molecular weight is 281 g/mol. The first-order chi connectivity index (χ1) is 9.65. The number of methoxy groups -OCH3 is 1. The number of carbonyl (C=O) groups is 1. The summed E-state index contributed by atoms with van der Waals surface area (Å²) in [5, 5.41) is 7.65. The lowest BCUT2D eigenvalue weighted by atomic mass is 10.1. The molecule has 2 unspecified atom stereocenters. The van der Waals surface area contributed by atoms with Crippen LogP contribution in [0.2, 0.25) is 0 Å². The van der Waals surface area contributed by atoms with E-state index < -0.39 is 6.04 Å². The fourth-order valence-electron chi connectivity index (χ4n) is 2.56. The molecule has 0 aromatic carbocycles. The third-order valence-electron chi connectivity index (χ3n) is 3.59. The second kappa shape index (κ2) is 6.85. The number of rotatable bonds is 6. The molecule has 0 aliphatic carbocycles. The third-order valence-corrected chi connectivity index (χ3v) is 3.59. The zero-order valence-corrected chi connectivity index (χ0v) is 12.4. The van der Waals surface area contributed by atoms with Gasteiger partial charge in [0.15, 0.2) is 0 Å². The van der Waals surface area contributed by atoms with Crippen LogP contribution in [-0.2, 0) is 27.7 Å². The van der Waals surface area contributed by atoms with Gasteiger partial charge in [-0.3, -0.25) is 10.00 Å². The van der Waals surface area contributed by atoms with E-state index >= 15 is 0 Å². The lowest BCUT2D eigenvalue weighted by Crippen LogP contribution is -2.35. The molecule has 20 heavy (non-hydrogen) atoms. The topological polar surface area (TPSA) is 65.4 Å². The van der Waals surface area contributed by atoms with Crippen molar-refractivity contribution in [3.05, 3.63) is 17.5 Å². The van der Waals surface area contributed by atoms with Gasteiger partial charge in [0, 0.05) is 32.0 Å². The number of hydrogen-bond acceptors (Lipinski definition) is 5. The lowest BCUT2D eigenvalue weighted by molar-refractivity contribution is -0.143. The molecule has 1 aliphatic rings. The predicted molar refractivity (Wildman–Crippen MR) is 74.3 cm³/mol.